The van der Waals surface area contributed by atoms with Gasteiger partial charge in [-0.05, 0) is 0 Å². The smallest absolute Gasteiger partial charge is 0.303 e. The van der Waals surface area contributed by atoms with Gasteiger partial charge in [0, 0.05) is 41.9 Å². The summed E-state index contributed by atoms with van der Waals surface area (Å²) in [5, 5.41) is 0. The van der Waals surface area contributed by atoms with E-state index in [1.165, 1.54) is 7.11 Å². The zero-order chi connectivity index (χ0) is 22.1. The van der Waals surface area contributed by atoms with Crippen LogP contribution in [0.3, 0.4) is 0 Å². The Labute approximate surface area is 154 Å². The molecule has 0 saturated heterocycles. The Hall–Kier alpha value is -2.20. The van der Waals surface area contributed by atoms with Gasteiger partial charge in [-0.25, -0.2) is 0 Å². The molecule has 0 bridgehead atoms. The third kappa shape index (κ3) is 9.33. The van der Waals surface area contributed by atoms with E-state index in [2.05, 4.69) is 4.74 Å². The van der Waals surface area contributed by atoms with Gasteiger partial charge in [-0.1, -0.05) is 0 Å². The molecule has 0 N–H and O–H groups in total. The van der Waals surface area contributed by atoms with E-state index in [0.717, 1.165) is 34.8 Å². The Morgan fingerprint density at radius 3 is 1.65 bits per heavy atom. The van der Waals surface area contributed by atoms with E-state index >= 15 is 0 Å². The highest BCUT2D eigenvalue weighted by Gasteiger charge is 2.40. The van der Waals surface area contributed by atoms with Crippen LogP contribution in [0.4, 0.5) is 0 Å². The van der Waals surface area contributed by atoms with Crippen LogP contribution >= 0.6 is 0 Å². The van der Waals surface area contributed by atoms with Crippen LogP contribution in [0.25, 0.3) is 0 Å². The first-order chi connectivity index (χ1) is 12.8. The van der Waals surface area contributed by atoms with E-state index in [1.807, 2.05) is 0 Å². The molecule has 150 valence electrons. The van der Waals surface area contributed by atoms with Crippen molar-refractivity contribution in [2.75, 3.05) is 27.4 Å². The standard InChI is InChI=1S/C16H26O10/c1-9(17)23-7-13(21-5)16(26-12(4)20)15(22-6)14(25-11(3)19)8-24-10(2)18/h13-16H,7-8H2,1-6H3/t13-,14+,15+,16+/m0/s1/i8D2. The number of rotatable bonds is 11. The molecule has 0 aliphatic rings. The van der Waals surface area contributed by atoms with Gasteiger partial charge in [-0.3, -0.25) is 19.2 Å². The molecule has 0 heterocycles. The number of carbonyl (C=O) groups is 4. The van der Waals surface area contributed by atoms with Crippen molar-refractivity contribution in [2.45, 2.75) is 52.1 Å². The fourth-order valence-corrected chi connectivity index (χ4v) is 1.95. The normalized spacial score (nSPS) is 16.8. The van der Waals surface area contributed by atoms with E-state index < -0.39 is 54.9 Å². The summed E-state index contributed by atoms with van der Waals surface area (Å²) in [6.07, 6.45) is -5.81. The van der Waals surface area contributed by atoms with E-state index in [-0.39, 0.29) is 6.61 Å². The van der Waals surface area contributed by atoms with Crippen LogP contribution in [0.15, 0.2) is 0 Å². The van der Waals surface area contributed by atoms with Gasteiger partial charge in [-0.15, -0.1) is 0 Å². The summed E-state index contributed by atoms with van der Waals surface area (Å²) in [6.45, 7) is 1.01. The van der Waals surface area contributed by atoms with Gasteiger partial charge >= 0.3 is 23.9 Å². The molecule has 10 nitrogen and oxygen atoms in total. The molecule has 0 aromatic rings. The lowest BCUT2D eigenvalue weighted by atomic mass is 10.0. The largest absolute Gasteiger partial charge is 0.463 e. The van der Waals surface area contributed by atoms with Crippen molar-refractivity contribution < 1.29 is 50.3 Å². The molecule has 0 amide bonds. The Morgan fingerprint density at radius 2 is 1.27 bits per heavy atom. The van der Waals surface area contributed by atoms with Crippen LogP contribution in [-0.2, 0) is 47.6 Å². The molecule has 26 heavy (non-hydrogen) atoms. The zero-order valence-electron chi connectivity index (χ0n) is 17.6. The minimum absolute atomic E-state index is 0.368. The summed E-state index contributed by atoms with van der Waals surface area (Å²) in [5.74, 6) is -3.31. The highest BCUT2D eigenvalue weighted by atomic mass is 16.6. The summed E-state index contributed by atoms with van der Waals surface area (Å²) in [4.78, 5) is 45.5. The average Bonchev–Trinajstić information content (AvgIpc) is 2.52. The van der Waals surface area contributed by atoms with Crippen molar-refractivity contribution in [3.63, 3.8) is 0 Å². The van der Waals surface area contributed by atoms with Gasteiger partial charge in [0.25, 0.3) is 0 Å². The summed E-state index contributed by atoms with van der Waals surface area (Å²) in [7, 11) is 2.37. The van der Waals surface area contributed by atoms with E-state index in [1.54, 1.807) is 0 Å². The molecule has 0 fully saturated rings. The molecule has 4 atom stereocenters. The van der Waals surface area contributed by atoms with Gasteiger partial charge in [-0.2, -0.15) is 0 Å². The molecule has 0 radical (unpaired) electrons. The maximum Gasteiger partial charge on any atom is 0.303 e. The molecule has 0 unspecified atom stereocenters. The Bertz CT molecular complexity index is 566. The van der Waals surface area contributed by atoms with Crippen LogP contribution in [0.5, 0.6) is 0 Å². The summed E-state index contributed by atoms with van der Waals surface area (Å²) in [5.41, 5.74) is 0. The summed E-state index contributed by atoms with van der Waals surface area (Å²) >= 11 is 0. The Kier molecular flexibility index (Phi) is 9.44. The van der Waals surface area contributed by atoms with Crippen molar-refractivity contribution in [1.82, 2.24) is 0 Å². The van der Waals surface area contributed by atoms with Crippen LogP contribution in [0, 0.1) is 0 Å². The lowest BCUT2D eigenvalue weighted by molar-refractivity contribution is -0.196. The SMILES string of the molecule is [2H]C([2H])(OC(C)=O)[C@@H](OC(C)=O)[C@@H](OC)[C@H](OC(C)=O)[C@H](COC(C)=O)OC. The molecular formula is C16H26O10. The minimum Gasteiger partial charge on any atom is -0.463 e. The highest BCUT2D eigenvalue weighted by molar-refractivity contribution is 5.67. The maximum absolute atomic E-state index is 11.6. The lowest BCUT2D eigenvalue weighted by Gasteiger charge is -2.34. The van der Waals surface area contributed by atoms with Gasteiger partial charge < -0.3 is 28.4 Å². The second kappa shape index (κ2) is 12.2. The van der Waals surface area contributed by atoms with Gasteiger partial charge in [0.2, 0.25) is 0 Å². The number of carbonyl (C=O) groups excluding carboxylic acids is 4. The number of methoxy groups -OCH3 is 2. The monoisotopic (exact) mass is 380 g/mol. The number of esters is 4. The van der Waals surface area contributed by atoms with E-state index in [0.29, 0.717) is 0 Å². The molecule has 0 aromatic carbocycles. The molecule has 0 saturated carbocycles. The molecule has 0 aliphatic carbocycles. The summed E-state index contributed by atoms with van der Waals surface area (Å²) in [6, 6.07) is 0. The predicted octanol–water partition coefficient (Wildman–Crippen LogP) is 0.00600. The molecule has 0 aliphatic heterocycles. The molecular weight excluding hydrogens is 352 g/mol. The third-order valence-corrected chi connectivity index (χ3v) is 2.93. The fourth-order valence-electron chi connectivity index (χ4n) is 1.95. The Balaban J connectivity index is 6.05. The number of ether oxygens (including phenoxy) is 6. The van der Waals surface area contributed by atoms with Gasteiger partial charge in [0.15, 0.2) is 12.2 Å². The maximum atomic E-state index is 11.6. The van der Waals surface area contributed by atoms with Crippen molar-refractivity contribution in [3.05, 3.63) is 0 Å². The number of hydrogen-bond donors (Lipinski definition) is 0. The van der Waals surface area contributed by atoms with Crippen LogP contribution in [-0.4, -0.2) is 75.7 Å². The van der Waals surface area contributed by atoms with Gasteiger partial charge in [0.05, 0.1) is 2.74 Å². The van der Waals surface area contributed by atoms with Crippen LogP contribution in [0.1, 0.15) is 30.4 Å². The van der Waals surface area contributed by atoms with E-state index in [9.17, 15) is 19.2 Å². The molecule has 0 aromatic heterocycles. The zero-order valence-corrected chi connectivity index (χ0v) is 15.6. The van der Waals surface area contributed by atoms with E-state index in [4.69, 9.17) is 26.4 Å². The molecule has 10 heteroatoms. The highest BCUT2D eigenvalue weighted by Crippen LogP contribution is 2.19. The van der Waals surface area contributed by atoms with Crippen molar-refractivity contribution >= 4 is 23.9 Å². The average molecular weight is 380 g/mol. The minimum atomic E-state index is -2.84. The first-order valence-corrected chi connectivity index (χ1v) is 7.58. The first-order valence-electron chi connectivity index (χ1n) is 8.58. The van der Waals surface area contributed by atoms with Crippen LogP contribution < -0.4 is 0 Å². The topological polar surface area (TPSA) is 124 Å². The second-order valence-corrected chi connectivity index (χ2v) is 5.09. The third-order valence-electron chi connectivity index (χ3n) is 2.93. The molecule has 0 rings (SSSR count). The predicted molar refractivity (Wildman–Crippen MR) is 86.0 cm³/mol. The lowest BCUT2D eigenvalue weighted by Crippen LogP contribution is -2.52. The van der Waals surface area contributed by atoms with Crippen LogP contribution in [0.2, 0.25) is 0 Å². The molecule has 0 spiro atoms. The quantitative estimate of drug-likeness (QED) is 0.357. The number of hydrogen-bond acceptors (Lipinski definition) is 10. The second-order valence-electron chi connectivity index (χ2n) is 5.09. The van der Waals surface area contributed by atoms with Crippen molar-refractivity contribution in [1.29, 1.82) is 0 Å². The van der Waals surface area contributed by atoms with Crippen molar-refractivity contribution in [2.24, 2.45) is 0 Å². The summed E-state index contributed by atoms with van der Waals surface area (Å²) < 4.78 is 46.0. The fraction of sp³-hybridized carbons (Fsp3) is 0.750. The first kappa shape index (κ1) is 20.1. The van der Waals surface area contributed by atoms with Crippen molar-refractivity contribution in [3.8, 4) is 0 Å². The van der Waals surface area contributed by atoms with Gasteiger partial charge in [0.1, 0.15) is 25.4 Å². The Morgan fingerprint density at radius 1 is 0.731 bits per heavy atom.